The van der Waals surface area contributed by atoms with E-state index in [0.717, 1.165) is 12.1 Å². The molecule has 1 atom stereocenters. The molecule has 0 spiro atoms. The van der Waals surface area contributed by atoms with Crippen LogP contribution in [0.1, 0.15) is 31.1 Å². The predicted molar refractivity (Wildman–Crippen MR) is 96.0 cm³/mol. The maximum absolute atomic E-state index is 13.0. The second kappa shape index (κ2) is 5.54. The van der Waals surface area contributed by atoms with Crippen LogP contribution in [0.3, 0.4) is 0 Å². The molecule has 2 heterocycles. The Morgan fingerprint density at radius 1 is 1.11 bits per heavy atom. The SMILES string of the molecule is Cc1cc(N[C@H](c2ccc(S(F)(F)(F)(F)F)cc2)C(C)(C)O)n2ncnc2n1. The summed E-state index contributed by atoms with van der Waals surface area (Å²) in [7, 11) is -9.77. The summed E-state index contributed by atoms with van der Waals surface area (Å²) in [6.45, 7) is 4.59. The summed E-state index contributed by atoms with van der Waals surface area (Å²) in [5.41, 5.74) is -0.685. The second-order valence-corrected chi connectivity index (χ2v) is 9.43. The van der Waals surface area contributed by atoms with Crippen molar-refractivity contribution >= 4 is 21.8 Å². The Morgan fingerprint density at radius 2 is 1.71 bits per heavy atom. The summed E-state index contributed by atoms with van der Waals surface area (Å²) in [6.07, 6.45) is 1.27. The van der Waals surface area contributed by atoms with Crippen LogP contribution >= 0.6 is 10.2 Å². The van der Waals surface area contributed by atoms with Crippen molar-refractivity contribution in [1.29, 1.82) is 0 Å². The van der Waals surface area contributed by atoms with Crippen LogP contribution in [0.2, 0.25) is 0 Å². The molecule has 3 rings (SSSR count). The minimum Gasteiger partial charge on any atom is -0.388 e. The Hall–Kier alpha value is -2.47. The number of aliphatic hydroxyl groups is 1. The molecule has 6 nitrogen and oxygen atoms in total. The van der Waals surface area contributed by atoms with Gasteiger partial charge in [0.15, 0.2) is 0 Å². The van der Waals surface area contributed by atoms with Crippen molar-refractivity contribution in [2.75, 3.05) is 5.32 Å². The first-order valence-corrected chi connectivity index (χ1v) is 10.00. The van der Waals surface area contributed by atoms with E-state index in [4.69, 9.17) is 0 Å². The number of nitrogens with one attached hydrogen (secondary N) is 1. The zero-order chi connectivity index (χ0) is 21.0. The van der Waals surface area contributed by atoms with E-state index in [1.165, 1.54) is 24.7 Å². The third kappa shape index (κ3) is 4.17. The number of rotatable bonds is 5. The van der Waals surface area contributed by atoms with Gasteiger partial charge >= 0.3 is 10.2 Å². The van der Waals surface area contributed by atoms with E-state index in [9.17, 15) is 24.5 Å². The quantitative estimate of drug-likeness (QED) is 0.564. The zero-order valence-electron chi connectivity index (χ0n) is 15.1. The molecule has 0 fully saturated rings. The fraction of sp³-hybridized carbons (Fsp3) is 0.312. The fourth-order valence-corrected chi connectivity index (χ4v) is 3.42. The number of anilines is 1. The monoisotopic (exact) mass is 423 g/mol. The highest BCUT2D eigenvalue weighted by Gasteiger charge is 2.65. The molecular formula is C16H18F5N5OS. The van der Waals surface area contributed by atoms with Gasteiger partial charge in [-0.3, -0.25) is 0 Å². The lowest BCUT2D eigenvalue weighted by Crippen LogP contribution is -2.35. The molecule has 2 N–H and O–H groups in total. The van der Waals surface area contributed by atoms with E-state index >= 15 is 0 Å². The van der Waals surface area contributed by atoms with Crippen molar-refractivity contribution in [3.05, 3.63) is 47.9 Å². The van der Waals surface area contributed by atoms with Gasteiger partial charge < -0.3 is 10.4 Å². The van der Waals surface area contributed by atoms with Gasteiger partial charge in [-0.05, 0) is 38.5 Å². The van der Waals surface area contributed by atoms with Crippen LogP contribution in [0.5, 0.6) is 0 Å². The molecule has 154 valence electrons. The Morgan fingerprint density at radius 3 is 2.25 bits per heavy atom. The molecule has 0 amide bonds. The van der Waals surface area contributed by atoms with Crippen molar-refractivity contribution < 1.29 is 24.5 Å². The average molecular weight is 423 g/mol. The molecular weight excluding hydrogens is 405 g/mol. The van der Waals surface area contributed by atoms with Gasteiger partial charge in [-0.25, -0.2) is 4.98 Å². The van der Waals surface area contributed by atoms with Gasteiger partial charge in [0.2, 0.25) is 0 Å². The number of fused-ring (bicyclic) bond motifs is 1. The Labute approximate surface area is 157 Å². The number of halogens is 5. The lowest BCUT2D eigenvalue weighted by atomic mass is 9.92. The lowest BCUT2D eigenvalue weighted by molar-refractivity contribution is 0.0587. The normalized spacial score (nSPS) is 16.5. The maximum atomic E-state index is 13.0. The first-order chi connectivity index (χ1) is 12.5. The summed E-state index contributed by atoms with van der Waals surface area (Å²) in [5.74, 6) is 0.664. The summed E-state index contributed by atoms with van der Waals surface area (Å²) in [5, 5.41) is 17.5. The maximum Gasteiger partial charge on any atom is 0.310 e. The van der Waals surface area contributed by atoms with E-state index in [-0.39, 0.29) is 11.3 Å². The van der Waals surface area contributed by atoms with Gasteiger partial charge in [0.05, 0.1) is 11.6 Å². The number of nitrogens with zero attached hydrogens (tertiary/aromatic N) is 4. The first kappa shape index (κ1) is 20.3. The van der Waals surface area contributed by atoms with Crippen LogP contribution < -0.4 is 5.32 Å². The molecule has 2 aromatic heterocycles. The van der Waals surface area contributed by atoms with Crippen LogP contribution in [0.15, 0.2) is 41.6 Å². The van der Waals surface area contributed by atoms with Gasteiger partial charge in [-0.2, -0.15) is 14.6 Å². The molecule has 0 unspecified atom stereocenters. The molecule has 3 aromatic rings. The van der Waals surface area contributed by atoms with E-state index < -0.39 is 26.8 Å². The number of aryl methyl sites for hydroxylation is 1. The van der Waals surface area contributed by atoms with Crippen molar-refractivity contribution in [3.63, 3.8) is 0 Å². The van der Waals surface area contributed by atoms with Gasteiger partial charge in [-0.15, -0.1) is 0 Å². The standard InChI is InChI=1S/C16H18F5N5OS/c1-10-8-13(26-15(24-10)22-9-23-26)25-14(16(2,3)27)11-4-6-12(7-5-11)28(17,18,19,20)21/h4-9,14,25,27H,1-3H3/t14-/m1/s1. The minimum atomic E-state index is -9.77. The van der Waals surface area contributed by atoms with Crippen LogP contribution in [-0.4, -0.2) is 30.3 Å². The third-order valence-corrected chi connectivity index (χ3v) is 5.20. The van der Waals surface area contributed by atoms with Crippen LogP contribution in [0.4, 0.5) is 25.2 Å². The molecule has 0 aliphatic rings. The van der Waals surface area contributed by atoms with Crippen molar-refractivity contribution in [3.8, 4) is 0 Å². The summed E-state index contributed by atoms with van der Waals surface area (Å²) in [6, 6.07) is 3.14. The highest BCUT2D eigenvalue weighted by molar-refractivity contribution is 8.45. The number of hydrogen-bond acceptors (Lipinski definition) is 5. The molecule has 0 aliphatic heterocycles. The van der Waals surface area contributed by atoms with E-state index in [0.29, 0.717) is 23.6 Å². The van der Waals surface area contributed by atoms with Gasteiger partial charge in [0, 0.05) is 11.8 Å². The van der Waals surface area contributed by atoms with E-state index in [1.807, 2.05) is 0 Å². The van der Waals surface area contributed by atoms with Crippen molar-refractivity contribution in [1.82, 2.24) is 19.6 Å². The Kier molecular flexibility index (Phi) is 4.01. The van der Waals surface area contributed by atoms with Crippen molar-refractivity contribution in [2.45, 2.75) is 37.3 Å². The van der Waals surface area contributed by atoms with Gasteiger partial charge in [-0.1, -0.05) is 31.6 Å². The smallest absolute Gasteiger partial charge is 0.310 e. The molecule has 0 saturated heterocycles. The summed E-state index contributed by atoms with van der Waals surface area (Å²) in [4.78, 5) is 6.16. The Balaban J connectivity index is 2.04. The minimum absolute atomic E-state index is 0.181. The summed E-state index contributed by atoms with van der Waals surface area (Å²) < 4.78 is 66.1. The lowest BCUT2D eigenvalue weighted by Gasteiger charge is -2.40. The van der Waals surface area contributed by atoms with Gasteiger partial charge in [0.25, 0.3) is 5.78 Å². The highest BCUT2D eigenvalue weighted by Crippen LogP contribution is 3.02. The van der Waals surface area contributed by atoms with Crippen LogP contribution in [0.25, 0.3) is 5.78 Å². The Bertz CT molecular complexity index is 1030. The van der Waals surface area contributed by atoms with E-state index in [1.54, 1.807) is 13.0 Å². The average Bonchev–Trinajstić information content (AvgIpc) is 2.97. The largest absolute Gasteiger partial charge is 0.388 e. The van der Waals surface area contributed by atoms with Crippen LogP contribution in [-0.2, 0) is 0 Å². The van der Waals surface area contributed by atoms with E-state index in [2.05, 4.69) is 20.4 Å². The van der Waals surface area contributed by atoms with Crippen LogP contribution in [0, 0.1) is 6.92 Å². The predicted octanol–water partition coefficient (Wildman–Crippen LogP) is 5.01. The number of benzene rings is 1. The molecule has 28 heavy (non-hydrogen) atoms. The number of hydrogen-bond donors (Lipinski definition) is 2. The van der Waals surface area contributed by atoms with Gasteiger partial charge in [0.1, 0.15) is 17.0 Å². The zero-order valence-corrected chi connectivity index (χ0v) is 15.9. The highest BCUT2D eigenvalue weighted by atomic mass is 32.5. The number of aromatic nitrogens is 4. The second-order valence-electron chi connectivity index (χ2n) is 7.02. The molecule has 0 aliphatic carbocycles. The molecule has 0 radical (unpaired) electrons. The molecule has 1 aromatic carbocycles. The third-order valence-electron chi connectivity index (χ3n) is 4.04. The fourth-order valence-electron chi connectivity index (χ4n) is 2.77. The first-order valence-electron chi connectivity index (χ1n) is 8.05. The summed E-state index contributed by atoms with van der Waals surface area (Å²) >= 11 is 0. The molecule has 12 heteroatoms. The molecule has 0 bridgehead atoms. The topological polar surface area (TPSA) is 75.3 Å². The van der Waals surface area contributed by atoms with Crippen molar-refractivity contribution in [2.24, 2.45) is 0 Å². The molecule has 0 saturated carbocycles.